The molecule has 0 unspecified atom stereocenters. The molecule has 1 amide bonds. The number of amides is 1. The molecule has 11 heteroatoms. The first-order valence-electron chi connectivity index (χ1n) is 9.23. The molecule has 2 rings (SSSR count). The summed E-state index contributed by atoms with van der Waals surface area (Å²) in [7, 11) is -4.16. The Bertz CT molecular complexity index is 1030. The minimum Gasteiger partial charge on any atom is -0.481 e. The first-order valence-corrected chi connectivity index (χ1v) is 11.1. The molecular formula is C20H22ClF3N2O4S. The van der Waals surface area contributed by atoms with Gasteiger partial charge in [-0.2, -0.15) is 13.2 Å². The molecule has 170 valence electrons. The van der Waals surface area contributed by atoms with Gasteiger partial charge in [0.2, 0.25) is 0 Å². The van der Waals surface area contributed by atoms with Crippen molar-refractivity contribution in [1.29, 1.82) is 0 Å². The highest BCUT2D eigenvalue weighted by molar-refractivity contribution is 7.92. The van der Waals surface area contributed by atoms with Gasteiger partial charge in [0.1, 0.15) is 5.75 Å². The number of halogens is 4. The largest absolute Gasteiger partial charge is 0.481 e. The van der Waals surface area contributed by atoms with Crippen LogP contribution in [-0.4, -0.2) is 27.0 Å². The van der Waals surface area contributed by atoms with Crippen molar-refractivity contribution in [2.45, 2.75) is 37.9 Å². The highest BCUT2D eigenvalue weighted by atomic mass is 35.5. The maximum absolute atomic E-state index is 13.0. The van der Waals surface area contributed by atoms with E-state index in [1.54, 1.807) is 6.92 Å². The van der Waals surface area contributed by atoms with Gasteiger partial charge in [0.25, 0.3) is 15.9 Å². The quantitative estimate of drug-likeness (QED) is 0.576. The van der Waals surface area contributed by atoms with Crippen LogP contribution in [0.25, 0.3) is 0 Å². The first kappa shape index (κ1) is 24.8. The second kappa shape index (κ2) is 9.78. The zero-order valence-corrected chi connectivity index (χ0v) is 18.5. The molecule has 1 atom stereocenters. The van der Waals surface area contributed by atoms with Crippen molar-refractivity contribution in [2.75, 3.05) is 11.3 Å². The van der Waals surface area contributed by atoms with E-state index in [0.717, 1.165) is 12.1 Å². The van der Waals surface area contributed by atoms with Gasteiger partial charge in [-0.15, -0.1) is 0 Å². The summed E-state index contributed by atoms with van der Waals surface area (Å²) < 4.78 is 71.5. The summed E-state index contributed by atoms with van der Waals surface area (Å²) in [6.45, 7) is 5.96. The number of sulfonamides is 1. The zero-order valence-electron chi connectivity index (χ0n) is 17.0. The van der Waals surface area contributed by atoms with Crippen LogP contribution in [0.5, 0.6) is 5.75 Å². The minimum atomic E-state index is -4.73. The van der Waals surface area contributed by atoms with Crippen LogP contribution in [0.3, 0.4) is 0 Å². The zero-order chi connectivity index (χ0) is 23.4. The smallest absolute Gasteiger partial charge is 0.417 e. The van der Waals surface area contributed by atoms with Gasteiger partial charge < -0.3 is 10.1 Å². The van der Waals surface area contributed by atoms with Crippen LogP contribution in [-0.2, 0) is 21.0 Å². The average Bonchev–Trinajstić information content (AvgIpc) is 2.66. The number of carbonyl (C=O) groups excluding carboxylic acids is 1. The molecule has 2 aromatic carbocycles. The molecule has 0 spiro atoms. The Balaban J connectivity index is 2.11. The lowest BCUT2D eigenvalue weighted by Crippen LogP contribution is -2.38. The van der Waals surface area contributed by atoms with Crippen LogP contribution in [0, 0.1) is 5.92 Å². The van der Waals surface area contributed by atoms with Crippen molar-refractivity contribution >= 4 is 33.2 Å². The molecule has 0 aliphatic heterocycles. The van der Waals surface area contributed by atoms with E-state index >= 15 is 0 Å². The minimum absolute atomic E-state index is 0.194. The van der Waals surface area contributed by atoms with Crippen LogP contribution >= 0.6 is 11.6 Å². The van der Waals surface area contributed by atoms with Crippen LogP contribution in [0.4, 0.5) is 18.9 Å². The van der Waals surface area contributed by atoms with Gasteiger partial charge in [0.05, 0.1) is 15.5 Å². The van der Waals surface area contributed by atoms with Gasteiger partial charge in [-0.05, 0) is 55.3 Å². The van der Waals surface area contributed by atoms with Gasteiger partial charge in [0.15, 0.2) is 6.10 Å². The third kappa shape index (κ3) is 7.03. The van der Waals surface area contributed by atoms with E-state index in [2.05, 4.69) is 10.0 Å². The van der Waals surface area contributed by atoms with Crippen molar-refractivity contribution in [3.8, 4) is 5.75 Å². The van der Waals surface area contributed by atoms with Gasteiger partial charge in [-0.1, -0.05) is 25.4 Å². The third-order valence-corrected chi connectivity index (χ3v) is 5.75. The first-order chi connectivity index (χ1) is 14.3. The molecule has 0 aliphatic carbocycles. The lowest BCUT2D eigenvalue weighted by atomic mass is 10.2. The SMILES string of the molecule is CC(C)CNC(=O)[C@@H](C)Oc1ccc(S(=O)(=O)Nc2ccc(Cl)c(C(F)(F)F)c2)cc1. The topological polar surface area (TPSA) is 84.5 Å². The van der Waals surface area contributed by atoms with E-state index in [1.807, 2.05) is 13.8 Å². The van der Waals surface area contributed by atoms with Crippen LogP contribution in [0.15, 0.2) is 47.4 Å². The van der Waals surface area contributed by atoms with Gasteiger partial charge in [-0.3, -0.25) is 9.52 Å². The van der Waals surface area contributed by atoms with Gasteiger partial charge in [-0.25, -0.2) is 8.42 Å². The molecule has 0 fully saturated rings. The van der Waals surface area contributed by atoms with E-state index in [0.29, 0.717) is 12.6 Å². The number of benzene rings is 2. The molecule has 0 aliphatic rings. The fourth-order valence-electron chi connectivity index (χ4n) is 2.42. The number of alkyl halides is 3. The van der Waals surface area contributed by atoms with Crippen molar-refractivity contribution in [1.82, 2.24) is 5.32 Å². The third-order valence-electron chi connectivity index (χ3n) is 4.02. The number of rotatable bonds is 8. The van der Waals surface area contributed by atoms with Crippen molar-refractivity contribution in [3.63, 3.8) is 0 Å². The second-order valence-electron chi connectivity index (χ2n) is 7.17. The molecule has 2 aromatic rings. The molecule has 2 N–H and O–H groups in total. The second-order valence-corrected chi connectivity index (χ2v) is 9.26. The maximum Gasteiger partial charge on any atom is 0.417 e. The maximum atomic E-state index is 13.0. The summed E-state index contributed by atoms with van der Waals surface area (Å²) in [5.74, 6) is 0.230. The average molecular weight is 479 g/mol. The number of nitrogens with one attached hydrogen (secondary N) is 2. The highest BCUT2D eigenvalue weighted by Gasteiger charge is 2.33. The van der Waals surface area contributed by atoms with Crippen LogP contribution in [0.1, 0.15) is 26.3 Å². The van der Waals surface area contributed by atoms with E-state index in [-0.39, 0.29) is 28.2 Å². The molecule has 31 heavy (non-hydrogen) atoms. The van der Waals surface area contributed by atoms with Crippen molar-refractivity contribution < 1.29 is 31.1 Å². The summed E-state index contributed by atoms with van der Waals surface area (Å²) in [4.78, 5) is 11.8. The van der Waals surface area contributed by atoms with Crippen LogP contribution < -0.4 is 14.8 Å². The Labute approximate surface area is 183 Å². The molecule has 0 saturated heterocycles. The summed E-state index contributed by atoms with van der Waals surface area (Å²) >= 11 is 5.55. The summed E-state index contributed by atoms with van der Waals surface area (Å²) in [5, 5.41) is 2.19. The highest BCUT2D eigenvalue weighted by Crippen LogP contribution is 2.36. The van der Waals surface area contributed by atoms with Gasteiger partial charge in [0, 0.05) is 12.2 Å². The molecule has 6 nitrogen and oxygen atoms in total. The summed E-state index contributed by atoms with van der Waals surface area (Å²) in [5.41, 5.74) is -1.43. The number of anilines is 1. The molecule has 0 aromatic heterocycles. The van der Waals surface area contributed by atoms with E-state index < -0.39 is 32.9 Å². The number of ether oxygens (including phenoxy) is 1. The Morgan fingerprint density at radius 2 is 1.71 bits per heavy atom. The Hall–Kier alpha value is -2.46. The van der Waals surface area contributed by atoms with E-state index in [9.17, 15) is 26.4 Å². The Morgan fingerprint density at radius 1 is 1.10 bits per heavy atom. The number of carbonyl (C=O) groups is 1. The standard InChI is InChI=1S/C20H22ClF3N2O4S/c1-12(2)11-25-19(27)13(3)30-15-5-7-16(8-6-15)31(28,29)26-14-4-9-18(21)17(10-14)20(22,23)24/h4-10,12-13,26H,11H2,1-3H3,(H,25,27)/t13-/m1/s1. The fourth-order valence-corrected chi connectivity index (χ4v) is 3.70. The molecular weight excluding hydrogens is 457 g/mol. The Kier molecular flexibility index (Phi) is 7.82. The Morgan fingerprint density at radius 3 is 2.26 bits per heavy atom. The monoisotopic (exact) mass is 478 g/mol. The van der Waals surface area contributed by atoms with E-state index in [4.69, 9.17) is 16.3 Å². The normalized spacial score (nSPS) is 13.0. The summed E-state index contributed by atoms with van der Waals surface area (Å²) in [6, 6.07) is 7.85. The summed E-state index contributed by atoms with van der Waals surface area (Å²) in [6.07, 6.45) is -5.52. The number of hydrogen-bond donors (Lipinski definition) is 2. The molecule has 0 heterocycles. The lowest BCUT2D eigenvalue weighted by molar-refractivity contribution is -0.137. The number of hydrogen-bond acceptors (Lipinski definition) is 4. The lowest BCUT2D eigenvalue weighted by Gasteiger charge is -2.16. The van der Waals surface area contributed by atoms with Crippen molar-refractivity contribution in [2.24, 2.45) is 5.92 Å². The molecule has 0 radical (unpaired) electrons. The van der Waals surface area contributed by atoms with Crippen molar-refractivity contribution in [3.05, 3.63) is 53.1 Å². The molecule has 0 saturated carbocycles. The van der Waals surface area contributed by atoms with Crippen LogP contribution in [0.2, 0.25) is 5.02 Å². The fraction of sp³-hybridized carbons (Fsp3) is 0.350. The predicted molar refractivity (Wildman–Crippen MR) is 112 cm³/mol. The predicted octanol–water partition coefficient (Wildman–Crippen LogP) is 4.70. The van der Waals surface area contributed by atoms with E-state index in [1.165, 1.54) is 24.3 Å². The van der Waals surface area contributed by atoms with Gasteiger partial charge >= 0.3 is 6.18 Å². The molecule has 0 bridgehead atoms.